The molecule has 4 fully saturated rings. The molecule has 2 bridgehead atoms. The van der Waals surface area contributed by atoms with Crippen LogP contribution in [0, 0.1) is 34.0 Å². The van der Waals surface area contributed by atoms with E-state index in [1.54, 1.807) is 0 Å². The summed E-state index contributed by atoms with van der Waals surface area (Å²) >= 11 is 0. The topological polar surface area (TPSA) is 77.8 Å². The lowest BCUT2D eigenvalue weighted by atomic mass is 9.40. The van der Waals surface area contributed by atoms with Crippen molar-refractivity contribution in [2.45, 2.75) is 71.0 Å². The molecular formula is C20H30O4. The van der Waals surface area contributed by atoms with Gasteiger partial charge >= 0.3 is 5.97 Å². The van der Waals surface area contributed by atoms with Gasteiger partial charge in [0.2, 0.25) is 0 Å². The van der Waals surface area contributed by atoms with Crippen molar-refractivity contribution in [3.8, 4) is 0 Å². The maximum atomic E-state index is 12.1. The molecule has 3 N–H and O–H groups in total. The second-order valence-corrected chi connectivity index (χ2v) is 9.57. The van der Waals surface area contributed by atoms with Gasteiger partial charge in [-0.2, -0.15) is 0 Å². The highest BCUT2D eigenvalue weighted by Gasteiger charge is 2.69. The van der Waals surface area contributed by atoms with E-state index in [-0.39, 0.29) is 28.6 Å². The molecule has 4 heteroatoms. The predicted molar refractivity (Wildman–Crippen MR) is 90.2 cm³/mol. The average Bonchev–Trinajstić information content (AvgIpc) is 2.68. The predicted octanol–water partition coefficient (Wildman–Crippen LogP) is 2.98. The Morgan fingerprint density at radius 1 is 1.21 bits per heavy atom. The Morgan fingerprint density at radius 3 is 2.58 bits per heavy atom. The van der Waals surface area contributed by atoms with Crippen molar-refractivity contribution >= 4 is 5.97 Å². The number of aliphatic hydroxyl groups is 2. The van der Waals surface area contributed by atoms with Gasteiger partial charge < -0.3 is 15.3 Å². The van der Waals surface area contributed by atoms with Gasteiger partial charge in [-0.05, 0) is 74.2 Å². The third-order valence-electron chi connectivity index (χ3n) is 8.65. The van der Waals surface area contributed by atoms with E-state index in [2.05, 4.69) is 13.5 Å². The number of hydrogen-bond acceptors (Lipinski definition) is 3. The minimum absolute atomic E-state index is 0.0202. The summed E-state index contributed by atoms with van der Waals surface area (Å²) in [4.78, 5) is 12.1. The quantitative estimate of drug-likeness (QED) is 0.644. The number of aliphatic carboxylic acids is 1. The molecule has 0 aromatic heterocycles. The summed E-state index contributed by atoms with van der Waals surface area (Å²) in [7, 11) is 0. The van der Waals surface area contributed by atoms with Crippen LogP contribution in [-0.2, 0) is 4.79 Å². The molecule has 0 aliphatic heterocycles. The second-order valence-electron chi connectivity index (χ2n) is 9.57. The van der Waals surface area contributed by atoms with Gasteiger partial charge in [0.25, 0.3) is 0 Å². The molecule has 4 rings (SSSR count). The van der Waals surface area contributed by atoms with Crippen LogP contribution in [0.5, 0.6) is 0 Å². The van der Waals surface area contributed by atoms with Crippen LogP contribution < -0.4 is 0 Å². The first-order chi connectivity index (χ1) is 11.2. The number of fused-ring (bicyclic) bond motifs is 3. The zero-order valence-electron chi connectivity index (χ0n) is 14.8. The highest BCUT2D eigenvalue weighted by molar-refractivity contribution is 5.75. The van der Waals surface area contributed by atoms with E-state index in [4.69, 9.17) is 0 Å². The van der Waals surface area contributed by atoms with Crippen molar-refractivity contribution in [1.29, 1.82) is 0 Å². The van der Waals surface area contributed by atoms with E-state index in [1.165, 1.54) is 0 Å². The summed E-state index contributed by atoms with van der Waals surface area (Å²) in [5, 5.41) is 31.9. The maximum Gasteiger partial charge on any atom is 0.309 e. The lowest BCUT2D eigenvalue weighted by Gasteiger charge is -2.64. The van der Waals surface area contributed by atoms with E-state index in [0.29, 0.717) is 6.42 Å². The number of carboxylic acids is 1. The largest absolute Gasteiger partial charge is 0.481 e. The third kappa shape index (κ3) is 1.74. The number of rotatable bonds is 1. The maximum absolute atomic E-state index is 12.1. The molecule has 0 amide bonds. The monoisotopic (exact) mass is 334 g/mol. The molecule has 0 radical (unpaired) electrons. The van der Waals surface area contributed by atoms with Gasteiger partial charge in [0, 0.05) is 5.41 Å². The number of hydrogen-bond donors (Lipinski definition) is 3. The van der Waals surface area contributed by atoms with E-state index >= 15 is 0 Å². The van der Waals surface area contributed by atoms with Gasteiger partial charge in [-0.15, -0.1) is 0 Å². The Kier molecular flexibility index (Phi) is 3.35. The van der Waals surface area contributed by atoms with Crippen LogP contribution in [0.25, 0.3) is 0 Å². The lowest BCUT2D eigenvalue weighted by molar-refractivity contribution is -0.212. The highest BCUT2D eigenvalue weighted by Crippen LogP contribution is 2.72. The Bertz CT molecular complexity index is 600. The van der Waals surface area contributed by atoms with Crippen molar-refractivity contribution < 1.29 is 20.1 Å². The number of carboxylic acid groups (broad SMARTS) is 1. The smallest absolute Gasteiger partial charge is 0.309 e. The number of aliphatic hydroxyl groups excluding tert-OH is 2. The first-order valence-electron chi connectivity index (χ1n) is 9.45. The average molecular weight is 334 g/mol. The lowest BCUT2D eigenvalue weighted by Crippen LogP contribution is -2.63. The van der Waals surface area contributed by atoms with Gasteiger partial charge in [-0.3, -0.25) is 4.79 Å². The molecule has 1 spiro atoms. The minimum Gasteiger partial charge on any atom is -0.481 e. The summed E-state index contributed by atoms with van der Waals surface area (Å²) < 4.78 is 0. The third-order valence-corrected chi connectivity index (χ3v) is 8.65. The zero-order valence-corrected chi connectivity index (χ0v) is 14.8. The van der Waals surface area contributed by atoms with Gasteiger partial charge in [0.15, 0.2) is 0 Å². The second kappa shape index (κ2) is 4.85. The molecule has 0 aromatic carbocycles. The fourth-order valence-corrected chi connectivity index (χ4v) is 7.73. The van der Waals surface area contributed by atoms with E-state index in [0.717, 1.165) is 44.1 Å². The van der Waals surface area contributed by atoms with Gasteiger partial charge in [-0.25, -0.2) is 0 Å². The van der Waals surface area contributed by atoms with Gasteiger partial charge in [0.1, 0.15) is 0 Å². The van der Waals surface area contributed by atoms with Crippen molar-refractivity contribution in [2.75, 3.05) is 0 Å². The van der Waals surface area contributed by atoms with Crippen molar-refractivity contribution in [3.63, 3.8) is 0 Å². The molecule has 4 aliphatic carbocycles. The molecule has 4 aliphatic rings. The van der Waals surface area contributed by atoms with Crippen LogP contribution in [-0.4, -0.2) is 33.5 Å². The van der Waals surface area contributed by atoms with Crippen LogP contribution in [0.2, 0.25) is 0 Å². The zero-order chi connectivity index (χ0) is 17.5. The van der Waals surface area contributed by atoms with E-state index in [1.807, 2.05) is 6.92 Å². The fraction of sp³-hybridized carbons (Fsp3) is 0.850. The van der Waals surface area contributed by atoms with Gasteiger partial charge in [0.05, 0.1) is 17.6 Å². The molecule has 4 saturated carbocycles. The summed E-state index contributed by atoms with van der Waals surface area (Å²) in [6.07, 6.45) is 4.80. The molecule has 0 aromatic rings. The summed E-state index contributed by atoms with van der Waals surface area (Å²) in [6, 6.07) is 0. The molecule has 0 heterocycles. The van der Waals surface area contributed by atoms with Gasteiger partial charge in [-0.1, -0.05) is 19.9 Å². The molecule has 4 nitrogen and oxygen atoms in total. The van der Waals surface area contributed by atoms with Crippen LogP contribution in [0.3, 0.4) is 0 Å². The molecular weight excluding hydrogens is 304 g/mol. The Hall–Kier alpha value is -0.870. The molecule has 24 heavy (non-hydrogen) atoms. The van der Waals surface area contributed by atoms with Crippen LogP contribution in [0.15, 0.2) is 12.2 Å². The molecule has 134 valence electrons. The Balaban J connectivity index is 1.82. The molecule has 0 saturated heterocycles. The normalized spacial score (nSPS) is 56.5. The van der Waals surface area contributed by atoms with Crippen molar-refractivity contribution in [2.24, 2.45) is 34.0 Å². The molecule has 8 atom stereocenters. The first kappa shape index (κ1) is 16.6. The van der Waals surface area contributed by atoms with Crippen LogP contribution in [0.1, 0.15) is 58.8 Å². The Morgan fingerprint density at radius 2 is 1.92 bits per heavy atom. The Labute approximate surface area is 144 Å². The van der Waals surface area contributed by atoms with E-state index < -0.39 is 23.6 Å². The number of carbonyl (C=O) groups is 1. The first-order valence-corrected chi connectivity index (χ1v) is 9.45. The van der Waals surface area contributed by atoms with E-state index in [9.17, 15) is 20.1 Å². The highest BCUT2D eigenvalue weighted by atomic mass is 16.4. The van der Waals surface area contributed by atoms with Crippen molar-refractivity contribution in [1.82, 2.24) is 0 Å². The van der Waals surface area contributed by atoms with Crippen LogP contribution in [0.4, 0.5) is 0 Å². The summed E-state index contributed by atoms with van der Waals surface area (Å²) in [5.41, 5.74) is -0.331. The SMILES string of the molecule is C=C1C(O)[C@]23CC[C@H]4C(C)(C(=O)O)CCC[C@]4(C)[C@H]2C(O)C[C@@H]1C3. The summed E-state index contributed by atoms with van der Waals surface area (Å²) in [5.74, 6) is -0.429. The minimum atomic E-state index is -0.717. The summed E-state index contributed by atoms with van der Waals surface area (Å²) in [6.45, 7) is 8.22. The molecule has 3 unspecified atom stereocenters. The fourth-order valence-electron chi connectivity index (χ4n) is 7.73. The van der Waals surface area contributed by atoms with Crippen LogP contribution >= 0.6 is 0 Å². The van der Waals surface area contributed by atoms with Crippen molar-refractivity contribution in [3.05, 3.63) is 12.2 Å². The standard InChI is InChI=1S/C20H30O4/c1-11-12-9-13(21)15-18(2)6-4-7-19(3,17(23)24)14(18)5-8-20(15,10-12)16(11)22/h12-16,21-22H,1,4-10H2,2-3H3,(H,23,24)/t12-,13?,14-,15-,16?,18+,19?,20+/m1/s1.